The Kier molecular flexibility index (Phi) is 4.62. The summed E-state index contributed by atoms with van der Waals surface area (Å²) >= 11 is 6.03. The third-order valence-electron chi connectivity index (χ3n) is 3.80. The third-order valence-corrected chi connectivity index (χ3v) is 4.09. The third kappa shape index (κ3) is 3.71. The summed E-state index contributed by atoms with van der Waals surface area (Å²) in [6.07, 6.45) is 4.89. The van der Waals surface area contributed by atoms with Crippen LogP contribution in [0, 0.1) is 10.1 Å². The zero-order chi connectivity index (χ0) is 16.2. The molecule has 23 heavy (non-hydrogen) atoms. The average Bonchev–Trinajstić information content (AvgIpc) is 2.50. The number of para-hydroxylation sites is 1. The van der Waals surface area contributed by atoms with Gasteiger partial charge in [0, 0.05) is 18.2 Å². The molecule has 1 saturated carbocycles. The predicted octanol–water partition coefficient (Wildman–Crippen LogP) is 4.19. The zero-order valence-electron chi connectivity index (χ0n) is 12.4. The summed E-state index contributed by atoms with van der Waals surface area (Å²) in [5, 5.41) is 14.0. The van der Waals surface area contributed by atoms with Gasteiger partial charge in [0.2, 0.25) is 0 Å². The molecule has 3 rings (SSSR count). The van der Waals surface area contributed by atoms with Gasteiger partial charge in [-0.25, -0.2) is 4.98 Å². The smallest absolute Gasteiger partial charge is 0.289 e. The first-order valence-corrected chi connectivity index (χ1v) is 7.79. The van der Waals surface area contributed by atoms with Gasteiger partial charge in [0.15, 0.2) is 0 Å². The molecule has 1 aromatic heterocycles. The number of halogens is 1. The lowest BCUT2D eigenvalue weighted by molar-refractivity contribution is -0.385. The molecule has 1 aliphatic rings. The molecule has 0 radical (unpaired) electrons. The molecular weight excluding hydrogens is 318 g/mol. The Morgan fingerprint density at radius 3 is 2.83 bits per heavy atom. The van der Waals surface area contributed by atoms with Crippen molar-refractivity contribution in [3.05, 3.63) is 57.2 Å². The molecular formula is C16H16ClN3O3. The van der Waals surface area contributed by atoms with Crippen molar-refractivity contribution < 1.29 is 9.66 Å². The quantitative estimate of drug-likeness (QED) is 0.633. The Morgan fingerprint density at radius 2 is 2.17 bits per heavy atom. The highest BCUT2D eigenvalue weighted by Crippen LogP contribution is 2.29. The second-order valence-corrected chi connectivity index (χ2v) is 5.82. The molecule has 0 spiro atoms. The number of anilines is 1. The molecule has 0 amide bonds. The van der Waals surface area contributed by atoms with Gasteiger partial charge >= 0.3 is 0 Å². The van der Waals surface area contributed by atoms with Crippen molar-refractivity contribution in [2.45, 2.75) is 31.9 Å². The molecule has 0 aliphatic heterocycles. The van der Waals surface area contributed by atoms with Crippen LogP contribution in [0.4, 0.5) is 11.5 Å². The molecule has 1 aliphatic carbocycles. The van der Waals surface area contributed by atoms with Crippen LogP contribution in [0.3, 0.4) is 0 Å². The van der Waals surface area contributed by atoms with E-state index in [2.05, 4.69) is 10.3 Å². The van der Waals surface area contributed by atoms with Crippen molar-refractivity contribution in [1.29, 1.82) is 0 Å². The minimum atomic E-state index is -0.523. The SMILES string of the molecule is O=[N+]([O-])c1cnc(NCc2ccccc2OC2CCC2)c(Cl)c1. The first-order chi connectivity index (χ1) is 11.1. The Morgan fingerprint density at radius 1 is 1.39 bits per heavy atom. The normalized spacial score (nSPS) is 14.1. The van der Waals surface area contributed by atoms with Gasteiger partial charge < -0.3 is 10.1 Å². The summed E-state index contributed by atoms with van der Waals surface area (Å²) in [6, 6.07) is 9.08. The number of nitrogens with one attached hydrogen (secondary N) is 1. The Bertz CT molecular complexity index is 719. The summed E-state index contributed by atoms with van der Waals surface area (Å²) in [5.41, 5.74) is 0.866. The van der Waals surface area contributed by atoms with Gasteiger partial charge in [-0.15, -0.1) is 0 Å². The van der Waals surface area contributed by atoms with Crippen LogP contribution < -0.4 is 10.1 Å². The van der Waals surface area contributed by atoms with Gasteiger partial charge in [0.25, 0.3) is 5.69 Å². The maximum atomic E-state index is 10.7. The molecule has 7 heteroatoms. The van der Waals surface area contributed by atoms with E-state index in [4.69, 9.17) is 16.3 Å². The van der Waals surface area contributed by atoms with E-state index in [-0.39, 0.29) is 10.7 Å². The van der Waals surface area contributed by atoms with E-state index >= 15 is 0 Å². The van der Waals surface area contributed by atoms with Gasteiger partial charge in [-0.3, -0.25) is 10.1 Å². The first-order valence-electron chi connectivity index (χ1n) is 7.42. The van der Waals surface area contributed by atoms with Crippen LogP contribution in [0.1, 0.15) is 24.8 Å². The largest absolute Gasteiger partial charge is 0.490 e. The van der Waals surface area contributed by atoms with Crippen molar-refractivity contribution in [3.63, 3.8) is 0 Å². The Labute approximate surface area is 138 Å². The summed E-state index contributed by atoms with van der Waals surface area (Å²) < 4.78 is 5.97. The van der Waals surface area contributed by atoms with Crippen LogP contribution in [-0.2, 0) is 6.54 Å². The summed E-state index contributed by atoms with van der Waals surface area (Å²) in [4.78, 5) is 14.2. The number of ether oxygens (including phenoxy) is 1. The van der Waals surface area contributed by atoms with E-state index in [1.807, 2.05) is 24.3 Å². The van der Waals surface area contributed by atoms with E-state index < -0.39 is 4.92 Å². The van der Waals surface area contributed by atoms with E-state index in [1.54, 1.807) is 0 Å². The van der Waals surface area contributed by atoms with Gasteiger partial charge in [-0.2, -0.15) is 0 Å². The van der Waals surface area contributed by atoms with Crippen molar-refractivity contribution in [2.24, 2.45) is 0 Å². The number of aromatic nitrogens is 1. The highest BCUT2D eigenvalue weighted by Gasteiger charge is 2.20. The lowest BCUT2D eigenvalue weighted by Crippen LogP contribution is -2.25. The fourth-order valence-corrected chi connectivity index (χ4v) is 2.50. The summed E-state index contributed by atoms with van der Waals surface area (Å²) in [7, 11) is 0. The Balaban J connectivity index is 1.69. The maximum absolute atomic E-state index is 10.7. The number of hydrogen-bond donors (Lipinski definition) is 1. The fraction of sp³-hybridized carbons (Fsp3) is 0.312. The van der Waals surface area contributed by atoms with Gasteiger partial charge in [0.05, 0.1) is 16.0 Å². The molecule has 1 N–H and O–H groups in total. The standard InChI is InChI=1S/C16H16ClN3O3/c17-14-8-12(20(21)22)10-19-16(14)18-9-11-4-1-2-7-15(11)23-13-5-3-6-13/h1-2,4,7-8,10,13H,3,5-6,9H2,(H,18,19). The van der Waals surface area contributed by atoms with Crippen molar-refractivity contribution in [2.75, 3.05) is 5.32 Å². The number of hydrogen-bond acceptors (Lipinski definition) is 5. The van der Waals surface area contributed by atoms with Crippen LogP contribution >= 0.6 is 11.6 Å². The molecule has 6 nitrogen and oxygen atoms in total. The summed E-state index contributed by atoms with van der Waals surface area (Å²) in [6.45, 7) is 0.480. The molecule has 1 fully saturated rings. The molecule has 2 aromatic rings. The average molecular weight is 334 g/mol. The van der Waals surface area contributed by atoms with Crippen LogP contribution in [0.5, 0.6) is 5.75 Å². The van der Waals surface area contributed by atoms with Crippen LogP contribution in [-0.4, -0.2) is 16.0 Å². The number of nitro groups is 1. The highest BCUT2D eigenvalue weighted by atomic mass is 35.5. The second kappa shape index (κ2) is 6.83. The number of pyridine rings is 1. The van der Waals surface area contributed by atoms with Gasteiger partial charge in [0.1, 0.15) is 17.8 Å². The zero-order valence-corrected chi connectivity index (χ0v) is 13.1. The molecule has 0 atom stereocenters. The topological polar surface area (TPSA) is 77.3 Å². The number of rotatable bonds is 6. The summed E-state index contributed by atoms with van der Waals surface area (Å²) in [5.74, 6) is 1.26. The monoisotopic (exact) mass is 333 g/mol. The molecule has 1 heterocycles. The van der Waals surface area contributed by atoms with E-state index in [0.717, 1.165) is 24.2 Å². The minimum Gasteiger partial charge on any atom is -0.490 e. The van der Waals surface area contributed by atoms with Crippen molar-refractivity contribution in [1.82, 2.24) is 4.98 Å². The first kappa shape index (κ1) is 15.6. The molecule has 120 valence electrons. The molecule has 0 unspecified atom stereocenters. The molecule has 1 aromatic carbocycles. The Hall–Kier alpha value is -2.34. The second-order valence-electron chi connectivity index (χ2n) is 5.41. The lowest BCUT2D eigenvalue weighted by Gasteiger charge is -2.27. The minimum absolute atomic E-state index is 0.130. The van der Waals surface area contributed by atoms with E-state index in [0.29, 0.717) is 18.5 Å². The van der Waals surface area contributed by atoms with Crippen LogP contribution in [0.25, 0.3) is 0 Å². The lowest BCUT2D eigenvalue weighted by atomic mass is 9.96. The maximum Gasteiger partial charge on any atom is 0.289 e. The number of benzene rings is 1. The fourth-order valence-electron chi connectivity index (χ4n) is 2.27. The van der Waals surface area contributed by atoms with Crippen LogP contribution in [0.2, 0.25) is 5.02 Å². The van der Waals surface area contributed by atoms with Gasteiger partial charge in [-0.1, -0.05) is 29.8 Å². The molecule has 0 bridgehead atoms. The van der Waals surface area contributed by atoms with Crippen molar-refractivity contribution in [3.8, 4) is 5.75 Å². The van der Waals surface area contributed by atoms with Gasteiger partial charge in [-0.05, 0) is 25.3 Å². The highest BCUT2D eigenvalue weighted by molar-refractivity contribution is 6.33. The predicted molar refractivity (Wildman–Crippen MR) is 87.9 cm³/mol. The number of nitrogens with zero attached hydrogens (tertiary/aromatic N) is 2. The molecule has 0 saturated heterocycles. The van der Waals surface area contributed by atoms with E-state index in [1.165, 1.54) is 18.7 Å². The van der Waals surface area contributed by atoms with Crippen LogP contribution in [0.15, 0.2) is 36.5 Å². The van der Waals surface area contributed by atoms with E-state index in [9.17, 15) is 10.1 Å². The van der Waals surface area contributed by atoms with Crippen molar-refractivity contribution >= 4 is 23.1 Å².